The molecule has 1 amide bonds. The summed E-state index contributed by atoms with van der Waals surface area (Å²) in [4.78, 5) is 32.0. The average molecular weight is 341 g/mol. The second-order valence-corrected chi connectivity index (χ2v) is 6.41. The third-order valence-electron chi connectivity index (χ3n) is 3.96. The predicted molar refractivity (Wildman–Crippen MR) is 94.5 cm³/mol. The SMILES string of the molecule is Cc1cccc(CC(CNC(=O)c2cncnc2C(C)C)C(=O)O)c1. The monoisotopic (exact) mass is 341 g/mol. The quantitative estimate of drug-likeness (QED) is 0.807. The maximum absolute atomic E-state index is 12.4. The molecule has 6 heteroatoms. The highest BCUT2D eigenvalue weighted by Crippen LogP contribution is 2.16. The van der Waals surface area contributed by atoms with E-state index in [1.165, 1.54) is 12.5 Å². The molecule has 0 saturated carbocycles. The van der Waals surface area contributed by atoms with Crippen molar-refractivity contribution in [3.05, 3.63) is 59.2 Å². The summed E-state index contributed by atoms with van der Waals surface area (Å²) < 4.78 is 0. The summed E-state index contributed by atoms with van der Waals surface area (Å²) in [6, 6.07) is 7.72. The normalized spacial score (nSPS) is 12.0. The van der Waals surface area contributed by atoms with Gasteiger partial charge in [0, 0.05) is 12.7 Å². The molecule has 0 spiro atoms. The van der Waals surface area contributed by atoms with Crippen LogP contribution in [-0.2, 0) is 11.2 Å². The van der Waals surface area contributed by atoms with Crippen molar-refractivity contribution < 1.29 is 14.7 Å². The molecule has 0 radical (unpaired) electrons. The molecule has 1 unspecified atom stereocenters. The molecule has 0 aliphatic carbocycles. The second kappa shape index (κ2) is 8.37. The molecule has 1 heterocycles. The Kier molecular flexibility index (Phi) is 6.22. The van der Waals surface area contributed by atoms with Gasteiger partial charge in [-0.25, -0.2) is 9.97 Å². The lowest BCUT2D eigenvalue weighted by Crippen LogP contribution is -2.34. The number of carboxylic acids is 1. The van der Waals surface area contributed by atoms with Gasteiger partial charge < -0.3 is 10.4 Å². The van der Waals surface area contributed by atoms with Gasteiger partial charge in [-0.1, -0.05) is 43.7 Å². The van der Waals surface area contributed by atoms with Gasteiger partial charge in [0.25, 0.3) is 5.91 Å². The largest absolute Gasteiger partial charge is 0.481 e. The molecule has 0 aliphatic heterocycles. The first-order valence-electron chi connectivity index (χ1n) is 8.25. The smallest absolute Gasteiger partial charge is 0.308 e. The molecule has 2 aromatic rings. The number of aromatic nitrogens is 2. The molecule has 1 atom stereocenters. The van der Waals surface area contributed by atoms with E-state index in [0.717, 1.165) is 11.1 Å². The number of hydrogen-bond acceptors (Lipinski definition) is 4. The van der Waals surface area contributed by atoms with Crippen LogP contribution in [0.25, 0.3) is 0 Å². The summed E-state index contributed by atoms with van der Waals surface area (Å²) in [6.45, 7) is 5.90. The van der Waals surface area contributed by atoms with Gasteiger partial charge in [0.15, 0.2) is 0 Å². The Hall–Kier alpha value is -2.76. The number of nitrogens with one attached hydrogen (secondary N) is 1. The standard InChI is InChI=1S/C19H23N3O3/c1-12(2)17-16(10-20-11-22-17)18(23)21-9-15(19(24)25)8-14-6-4-5-13(3)7-14/h4-7,10-12,15H,8-9H2,1-3H3,(H,21,23)(H,24,25). The van der Waals surface area contributed by atoms with Crippen LogP contribution < -0.4 is 5.32 Å². The molecule has 0 saturated heterocycles. The molecule has 1 aromatic heterocycles. The number of hydrogen-bond donors (Lipinski definition) is 2. The van der Waals surface area contributed by atoms with Crippen molar-refractivity contribution in [1.29, 1.82) is 0 Å². The summed E-state index contributed by atoms with van der Waals surface area (Å²) >= 11 is 0. The Morgan fingerprint density at radius 2 is 2.04 bits per heavy atom. The van der Waals surface area contributed by atoms with Crippen molar-refractivity contribution in [3.8, 4) is 0 Å². The predicted octanol–water partition coefficient (Wildman–Crippen LogP) is 2.58. The summed E-state index contributed by atoms with van der Waals surface area (Å²) in [5.41, 5.74) is 3.05. The van der Waals surface area contributed by atoms with Crippen LogP contribution >= 0.6 is 0 Å². The minimum absolute atomic E-state index is 0.0501. The first-order chi connectivity index (χ1) is 11.9. The topological polar surface area (TPSA) is 92.2 Å². The Labute approximate surface area is 147 Å². The van der Waals surface area contributed by atoms with Gasteiger partial charge in [-0.15, -0.1) is 0 Å². The van der Waals surface area contributed by atoms with Crippen LogP contribution in [0.5, 0.6) is 0 Å². The van der Waals surface area contributed by atoms with Crippen LogP contribution in [0.3, 0.4) is 0 Å². The van der Waals surface area contributed by atoms with Crippen molar-refractivity contribution in [2.75, 3.05) is 6.54 Å². The molecular weight excluding hydrogens is 318 g/mol. The highest BCUT2D eigenvalue weighted by Gasteiger charge is 2.21. The average Bonchev–Trinajstić information content (AvgIpc) is 2.58. The van der Waals surface area contributed by atoms with E-state index in [1.807, 2.05) is 45.0 Å². The van der Waals surface area contributed by atoms with Crippen LogP contribution in [0.15, 0.2) is 36.8 Å². The van der Waals surface area contributed by atoms with Crippen LogP contribution in [-0.4, -0.2) is 33.5 Å². The molecule has 2 rings (SSSR count). The second-order valence-electron chi connectivity index (χ2n) is 6.41. The van der Waals surface area contributed by atoms with Gasteiger partial charge in [-0.05, 0) is 24.8 Å². The van der Waals surface area contributed by atoms with Crippen molar-refractivity contribution in [3.63, 3.8) is 0 Å². The number of aliphatic carboxylic acids is 1. The lowest BCUT2D eigenvalue weighted by atomic mass is 9.98. The van der Waals surface area contributed by atoms with E-state index < -0.39 is 11.9 Å². The van der Waals surface area contributed by atoms with Crippen molar-refractivity contribution in [2.24, 2.45) is 5.92 Å². The fourth-order valence-corrected chi connectivity index (χ4v) is 2.66. The number of carboxylic acid groups (broad SMARTS) is 1. The molecular formula is C19H23N3O3. The number of carbonyl (C=O) groups excluding carboxylic acids is 1. The summed E-state index contributed by atoms with van der Waals surface area (Å²) in [6.07, 6.45) is 3.23. The first kappa shape index (κ1) is 18.6. The van der Waals surface area contributed by atoms with Gasteiger partial charge in [0.1, 0.15) is 6.33 Å². The third-order valence-corrected chi connectivity index (χ3v) is 3.96. The third kappa shape index (κ3) is 5.11. The molecule has 6 nitrogen and oxygen atoms in total. The zero-order chi connectivity index (χ0) is 18.4. The molecule has 0 bridgehead atoms. The maximum atomic E-state index is 12.4. The Morgan fingerprint density at radius 1 is 1.28 bits per heavy atom. The molecule has 132 valence electrons. The zero-order valence-electron chi connectivity index (χ0n) is 14.7. The lowest BCUT2D eigenvalue weighted by molar-refractivity contribution is -0.141. The van der Waals surface area contributed by atoms with Crippen LogP contribution in [0.2, 0.25) is 0 Å². The highest BCUT2D eigenvalue weighted by molar-refractivity contribution is 5.95. The molecule has 0 aliphatic rings. The van der Waals surface area contributed by atoms with Crippen LogP contribution in [0.4, 0.5) is 0 Å². The number of rotatable bonds is 7. The molecule has 1 aromatic carbocycles. The first-order valence-corrected chi connectivity index (χ1v) is 8.25. The van der Waals surface area contributed by atoms with Crippen LogP contribution in [0.1, 0.15) is 46.9 Å². The van der Waals surface area contributed by atoms with Gasteiger partial charge in [0.2, 0.25) is 0 Å². The number of carbonyl (C=O) groups is 2. The van der Waals surface area contributed by atoms with E-state index in [1.54, 1.807) is 0 Å². The van der Waals surface area contributed by atoms with Gasteiger partial charge in [-0.2, -0.15) is 0 Å². The maximum Gasteiger partial charge on any atom is 0.308 e. The zero-order valence-corrected chi connectivity index (χ0v) is 14.7. The van der Waals surface area contributed by atoms with E-state index in [-0.39, 0.29) is 18.4 Å². The fraction of sp³-hybridized carbons (Fsp3) is 0.368. The van der Waals surface area contributed by atoms with Crippen LogP contribution in [0, 0.1) is 12.8 Å². The van der Waals surface area contributed by atoms with Gasteiger partial charge >= 0.3 is 5.97 Å². The molecule has 25 heavy (non-hydrogen) atoms. The molecule has 0 fully saturated rings. The van der Waals surface area contributed by atoms with Crippen molar-refractivity contribution in [2.45, 2.75) is 33.1 Å². The molecule has 2 N–H and O–H groups in total. The number of amides is 1. The van der Waals surface area contributed by atoms with E-state index in [4.69, 9.17) is 0 Å². The van der Waals surface area contributed by atoms with Gasteiger partial charge in [0.05, 0.1) is 17.2 Å². The highest BCUT2D eigenvalue weighted by atomic mass is 16.4. The van der Waals surface area contributed by atoms with E-state index in [0.29, 0.717) is 17.7 Å². The number of aryl methyl sites for hydroxylation is 1. The Balaban J connectivity index is 2.06. The van der Waals surface area contributed by atoms with E-state index >= 15 is 0 Å². The summed E-state index contributed by atoms with van der Waals surface area (Å²) in [7, 11) is 0. The summed E-state index contributed by atoms with van der Waals surface area (Å²) in [5.74, 6) is -1.90. The fourth-order valence-electron chi connectivity index (χ4n) is 2.66. The minimum atomic E-state index is -0.935. The number of nitrogens with zero attached hydrogens (tertiary/aromatic N) is 2. The Morgan fingerprint density at radius 3 is 2.68 bits per heavy atom. The van der Waals surface area contributed by atoms with Gasteiger partial charge in [-0.3, -0.25) is 9.59 Å². The lowest BCUT2D eigenvalue weighted by Gasteiger charge is -2.15. The van der Waals surface area contributed by atoms with E-state index in [9.17, 15) is 14.7 Å². The summed E-state index contributed by atoms with van der Waals surface area (Å²) in [5, 5.41) is 12.2. The Bertz CT molecular complexity index is 759. The van der Waals surface area contributed by atoms with Crippen molar-refractivity contribution in [1.82, 2.24) is 15.3 Å². The van der Waals surface area contributed by atoms with E-state index in [2.05, 4.69) is 15.3 Å². The minimum Gasteiger partial charge on any atom is -0.481 e. The van der Waals surface area contributed by atoms with Crippen molar-refractivity contribution >= 4 is 11.9 Å². The number of benzene rings is 1.